The SMILES string of the molecule is OCc1nnc(-c2cc(Cl)ccc2Cl)n1C1CC1. The molecule has 1 aliphatic rings. The van der Waals surface area contributed by atoms with Crippen molar-refractivity contribution in [3.8, 4) is 11.4 Å². The number of aliphatic hydroxyl groups excluding tert-OH is 1. The first-order valence-corrected chi connectivity index (χ1v) is 6.46. The van der Waals surface area contributed by atoms with E-state index in [9.17, 15) is 5.11 Å². The van der Waals surface area contributed by atoms with Crippen LogP contribution in [0, 0.1) is 0 Å². The van der Waals surface area contributed by atoms with Gasteiger partial charge in [0.2, 0.25) is 0 Å². The second-order valence-corrected chi connectivity index (χ2v) is 5.17. The molecule has 0 aliphatic heterocycles. The highest BCUT2D eigenvalue weighted by molar-refractivity contribution is 6.35. The lowest BCUT2D eigenvalue weighted by Crippen LogP contribution is -2.03. The van der Waals surface area contributed by atoms with Gasteiger partial charge in [-0.25, -0.2) is 0 Å². The lowest BCUT2D eigenvalue weighted by molar-refractivity contribution is 0.265. The van der Waals surface area contributed by atoms with Crippen LogP contribution < -0.4 is 0 Å². The highest BCUT2D eigenvalue weighted by atomic mass is 35.5. The Balaban J connectivity index is 2.16. The lowest BCUT2D eigenvalue weighted by atomic mass is 10.2. The molecular weight excluding hydrogens is 273 g/mol. The molecule has 94 valence electrons. The lowest BCUT2D eigenvalue weighted by Gasteiger charge is -2.09. The highest BCUT2D eigenvalue weighted by Crippen LogP contribution is 2.40. The van der Waals surface area contributed by atoms with E-state index in [1.165, 1.54) is 0 Å². The molecule has 0 unspecified atom stereocenters. The third-order valence-corrected chi connectivity index (χ3v) is 3.55. The largest absolute Gasteiger partial charge is 0.388 e. The predicted octanol–water partition coefficient (Wildman–Crippen LogP) is 3.08. The molecule has 0 spiro atoms. The van der Waals surface area contributed by atoms with Gasteiger partial charge in [0.25, 0.3) is 0 Å². The van der Waals surface area contributed by atoms with Crippen molar-refractivity contribution < 1.29 is 5.11 Å². The van der Waals surface area contributed by atoms with Crippen LogP contribution in [0.25, 0.3) is 11.4 Å². The molecule has 1 aliphatic carbocycles. The van der Waals surface area contributed by atoms with Crippen LogP contribution in [-0.4, -0.2) is 19.9 Å². The fourth-order valence-electron chi connectivity index (χ4n) is 2.00. The van der Waals surface area contributed by atoms with Crippen LogP contribution in [0.15, 0.2) is 18.2 Å². The van der Waals surface area contributed by atoms with Crippen LogP contribution in [0.1, 0.15) is 24.7 Å². The van der Waals surface area contributed by atoms with Gasteiger partial charge in [-0.1, -0.05) is 23.2 Å². The maximum Gasteiger partial charge on any atom is 0.165 e. The number of aliphatic hydroxyl groups is 1. The Morgan fingerprint density at radius 2 is 2.06 bits per heavy atom. The van der Waals surface area contributed by atoms with Gasteiger partial charge in [0.1, 0.15) is 6.61 Å². The fraction of sp³-hybridized carbons (Fsp3) is 0.333. The van der Waals surface area contributed by atoms with Crippen LogP contribution in [0.3, 0.4) is 0 Å². The minimum Gasteiger partial charge on any atom is -0.388 e. The van der Waals surface area contributed by atoms with Crippen molar-refractivity contribution in [3.63, 3.8) is 0 Å². The van der Waals surface area contributed by atoms with Crippen molar-refractivity contribution in [2.45, 2.75) is 25.5 Å². The summed E-state index contributed by atoms with van der Waals surface area (Å²) < 4.78 is 1.96. The first kappa shape index (κ1) is 12.0. The molecular formula is C12H11Cl2N3O. The van der Waals surface area contributed by atoms with Gasteiger partial charge in [-0.15, -0.1) is 10.2 Å². The Morgan fingerprint density at radius 3 is 2.72 bits per heavy atom. The fourth-order valence-corrected chi connectivity index (χ4v) is 2.37. The van der Waals surface area contributed by atoms with Gasteiger partial charge in [0, 0.05) is 16.6 Å². The Kier molecular flexibility index (Phi) is 3.01. The van der Waals surface area contributed by atoms with E-state index in [4.69, 9.17) is 23.2 Å². The maximum absolute atomic E-state index is 9.30. The zero-order valence-corrected chi connectivity index (χ0v) is 11.0. The van der Waals surface area contributed by atoms with Gasteiger partial charge in [-0.3, -0.25) is 0 Å². The number of rotatable bonds is 3. The van der Waals surface area contributed by atoms with Crippen LogP contribution in [0.2, 0.25) is 10.0 Å². The summed E-state index contributed by atoms with van der Waals surface area (Å²) in [6.45, 7) is -0.123. The third kappa shape index (κ3) is 2.00. The third-order valence-electron chi connectivity index (χ3n) is 2.99. The van der Waals surface area contributed by atoms with E-state index in [0.717, 1.165) is 18.4 Å². The molecule has 2 aromatic rings. The van der Waals surface area contributed by atoms with Crippen molar-refractivity contribution in [2.24, 2.45) is 0 Å². The molecule has 0 radical (unpaired) electrons. The first-order valence-electron chi connectivity index (χ1n) is 5.70. The maximum atomic E-state index is 9.30. The topological polar surface area (TPSA) is 50.9 Å². The van der Waals surface area contributed by atoms with Crippen molar-refractivity contribution in [3.05, 3.63) is 34.1 Å². The van der Waals surface area contributed by atoms with Gasteiger partial charge in [0.05, 0.1) is 5.02 Å². The van der Waals surface area contributed by atoms with E-state index in [1.54, 1.807) is 18.2 Å². The van der Waals surface area contributed by atoms with Crippen molar-refractivity contribution in [1.82, 2.24) is 14.8 Å². The summed E-state index contributed by atoms with van der Waals surface area (Å²) in [5, 5.41) is 18.6. The van der Waals surface area contributed by atoms with E-state index in [2.05, 4.69) is 10.2 Å². The Bertz CT molecular complexity index is 593. The highest BCUT2D eigenvalue weighted by Gasteiger charge is 2.30. The summed E-state index contributed by atoms with van der Waals surface area (Å²) in [4.78, 5) is 0. The molecule has 1 fully saturated rings. The number of nitrogens with zero attached hydrogens (tertiary/aromatic N) is 3. The summed E-state index contributed by atoms with van der Waals surface area (Å²) in [5.74, 6) is 1.25. The minimum atomic E-state index is -0.123. The van der Waals surface area contributed by atoms with Crippen LogP contribution in [-0.2, 0) is 6.61 Å². The molecule has 0 amide bonds. The first-order chi connectivity index (χ1) is 8.70. The summed E-state index contributed by atoms with van der Waals surface area (Å²) in [6, 6.07) is 5.61. The smallest absolute Gasteiger partial charge is 0.165 e. The second-order valence-electron chi connectivity index (χ2n) is 4.32. The number of hydrogen-bond donors (Lipinski definition) is 1. The predicted molar refractivity (Wildman–Crippen MR) is 69.7 cm³/mol. The van der Waals surface area contributed by atoms with Crippen molar-refractivity contribution in [1.29, 1.82) is 0 Å². The van der Waals surface area contributed by atoms with Crippen molar-refractivity contribution >= 4 is 23.2 Å². The molecule has 3 rings (SSSR count). The van der Waals surface area contributed by atoms with E-state index < -0.39 is 0 Å². The van der Waals surface area contributed by atoms with E-state index in [0.29, 0.717) is 27.7 Å². The van der Waals surface area contributed by atoms with Gasteiger partial charge >= 0.3 is 0 Å². The number of hydrogen-bond acceptors (Lipinski definition) is 3. The minimum absolute atomic E-state index is 0.123. The zero-order chi connectivity index (χ0) is 12.7. The molecule has 0 bridgehead atoms. The van der Waals surface area contributed by atoms with Crippen molar-refractivity contribution in [2.75, 3.05) is 0 Å². The molecule has 1 saturated carbocycles. The van der Waals surface area contributed by atoms with Crippen LogP contribution >= 0.6 is 23.2 Å². The molecule has 6 heteroatoms. The van der Waals surface area contributed by atoms with E-state index in [1.807, 2.05) is 4.57 Å². The summed E-state index contributed by atoms with van der Waals surface area (Å²) in [6.07, 6.45) is 2.16. The van der Waals surface area contributed by atoms with Crippen LogP contribution in [0.5, 0.6) is 0 Å². The summed E-state index contributed by atoms with van der Waals surface area (Å²) in [7, 11) is 0. The molecule has 1 aromatic carbocycles. The van der Waals surface area contributed by atoms with Gasteiger partial charge < -0.3 is 9.67 Å². The standard InChI is InChI=1S/C12H11Cl2N3O/c13-7-1-4-10(14)9(5-7)12-16-15-11(6-18)17(12)8-2-3-8/h1,4-5,8,18H,2-3,6H2. The average Bonchev–Trinajstić information content (AvgIpc) is 3.12. The zero-order valence-electron chi connectivity index (χ0n) is 9.48. The molecule has 1 aromatic heterocycles. The quantitative estimate of drug-likeness (QED) is 0.942. The normalized spacial score (nSPS) is 15.1. The van der Waals surface area contributed by atoms with Gasteiger partial charge in [-0.05, 0) is 31.0 Å². The van der Waals surface area contributed by atoms with E-state index >= 15 is 0 Å². The monoisotopic (exact) mass is 283 g/mol. The molecule has 1 N–H and O–H groups in total. The number of aromatic nitrogens is 3. The van der Waals surface area contributed by atoms with Crippen LogP contribution in [0.4, 0.5) is 0 Å². The second kappa shape index (κ2) is 4.53. The summed E-state index contributed by atoms with van der Waals surface area (Å²) in [5.41, 5.74) is 0.753. The molecule has 0 atom stereocenters. The van der Waals surface area contributed by atoms with E-state index in [-0.39, 0.29) is 6.61 Å². The average molecular weight is 284 g/mol. The summed E-state index contributed by atoms with van der Waals surface area (Å²) >= 11 is 12.2. The molecule has 0 saturated heterocycles. The molecule has 18 heavy (non-hydrogen) atoms. The molecule has 4 nitrogen and oxygen atoms in total. The Morgan fingerprint density at radius 1 is 1.28 bits per heavy atom. The van der Waals surface area contributed by atoms with Gasteiger partial charge in [-0.2, -0.15) is 0 Å². The number of benzene rings is 1. The van der Waals surface area contributed by atoms with Gasteiger partial charge in [0.15, 0.2) is 11.6 Å². The number of halogens is 2. The molecule has 1 heterocycles. The Labute approximate surface area is 114 Å². The Hall–Kier alpha value is -1.10.